The molecule has 0 N–H and O–H groups in total. The number of amides is 1. The van der Waals surface area contributed by atoms with Gasteiger partial charge in [-0.1, -0.05) is 35.1 Å². The number of halogens is 2. The highest BCUT2D eigenvalue weighted by Gasteiger charge is 2.22. The normalized spacial score (nSPS) is 14.6. The second-order valence-corrected chi connectivity index (χ2v) is 12.0. The number of hydrogen-bond donors (Lipinski definition) is 0. The summed E-state index contributed by atoms with van der Waals surface area (Å²) in [5.41, 5.74) is 2.59. The van der Waals surface area contributed by atoms with E-state index < -0.39 is 9.84 Å². The molecule has 0 bridgehead atoms. The highest BCUT2D eigenvalue weighted by Crippen LogP contribution is 2.33. The van der Waals surface area contributed by atoms with E-state index in [2.05, 4.69) is 4.90 Å². The molecule has 0 aliphatic carbocycles. The number of rotatable bonds is 8. The van der Waals surface area contributed by atoms with E-state index in [9.17, 15) is 13.2 Å². The first-order chi connectivity index (χ1) is 16.2. The van der Waals surface area contributed by atoms with Gasteiger partial charge in [0.15, 0.2) is 15.0 Å². The van der Waals surface area contributed by atoms with Gasteiger partial charge < -0.3 is 4.74 Å². The van der Waals surface area contributed by atoms with Crippen LogP contribution in [0.5, 0.6) is 0 Å². The minimum absolute atomic E-state index is 0. The lowest BCUT2D eigenvalue weighted by Crippen LogP contribution is -2.39. The highest BCUT2D eigenvalue weighted by molar-refractivity contribution is 7.90. The second-order valence-electron chi connectivity index (χ2n) is 8.51. The van der Waals surface area contributed by atoms with Crippen molar-refractivity contribution in [3.8, 4) is 0 Å². The van der Waals surface area contributed by atoms with Crippen LogP contribution in [0.3, 0.4) is 0 Å². The number of carbonyl (C=O) groups is 1. The molecule has 4 rings (SSSR count). The summed E-state index contributed by atoms with van der Waals surface area (Å²) in [4.78, 5) is 22.5. The minimum atomic E-state index is -3.28. The molecule has 0 saturated carbocycles. The van der Waals surface area contributed by atoms with Crippen LogP contribution in [-0.2, 0) is 25.8 Å². The van der Waals surface area contributed by atoms with Crippen molar-refractivity contribution in [2.45, 2.75) is 24.7 Å². The molecular formula is C24H29Cl2N3O4S2. The number of nitrogens with zero attached hydrogens (tertiary/aromatic N) is 3. The van der Waals surface area contributed by atoms with Crippen molar-refractivity contribution in [2.24, 2.45) is 0 Å². The van der Waals surface area contributed by atoms with E-state index in [-0.39, 0.29) is 29.6 Å². The molecule has 1 saturated heterocycles. The number of hydrogen-bond acceptors (Lipinski definition) is 7. The van der Waals surface area contributed by atoms with Crippen LogP contribution in [0.1, 0.15) is 17.5 Å². The van der Waals surface area contributed by atoms with E-state index >= 15 is 0 Å². The van der Waals surface area contributed by atoms with E-state index in [4.69, 9.17) is 21.3 Å². The Morgan fingerprint density at radius 3 is 2.54 bits per heavy atom. The molecule has 3 aromatic rings. The molecular weight excluding hydrogens is 529 g/mol. The fraction of sp³-hybridized carbons (Fsp3) is 0.417. The van der Waals surface area contributed by atoms with Crippen LogP contribution in [0.4, 0.5) is 5.13 Å². The number of carbonyl (C=O) groups excluding carboxylic acids is 1. The summed E-state index contributed by atoms with van der Waals surface area (Å²) in [5.74, 6) is -0.0723. The largest absolute Gasteiger partial charge is 0.379 e. The average molecular weight is 559 g/mol. The molecule has 0 spiro atoms. The van der Waals surface area contributed by atoms with Gasteiger partial charge in [0.2, 0.25) is 5.91 Å². The SMILES string of the molecule is Cc1cc(Cl)cc2sc(N(CCCN3CCOCC3)C(=O)Cc3ccc(S(C)(=O)=O)cc3)nc12.Cl. The Balaban J connectivity index is 0.00000342. The number of thiazole rings is 1. The third kappa shape index (κ3) is 7.15. The summed E-state index contributed by atoms with van der Waals surface area (Å²) in [6.45, 7) is 6.68. The summed E-state index contributed by atoms with van der Waals surface area (Å²) >= 11 is 7.70. The molecule has 2 aromatic carbocycles. The van der Waals surface area contributed by atoms with Crippen LogP contribution in [0.2, 0.25) is 5.02 Å². The van der Waals surface area contributed by atoms with Crippen LogP contribution in [0.15, 0.2) is 41.3 Å². The lowest BCUT2D eigenvalue weighted by atomic mass is 10.1. The summed E-state index contributed by atoms with van der Waals surface area (Å²) in [6, 6.07) is 10.2. The first-order valence-electron chi connectivity index (χ1n) is 11.2. The number of anilines is 1. The summed E-state index contributed by atoms with van der Waals surface area (Å²) < 4.78 is 29.9. The predicted octanol–water partition coefficient (Wildman–Crippen LogP) is 4.38. The van der Waals surface area contributed by atoms with E-state index in [1.54, 1.807) is 29.2 Å². The van der Waals surface area contributed by atoms with Gasteiger partial charge in [0, 0.05) is 37.5 Å². The summed E-state index contributed by atoms with van der Waals surface area (Å²) in [5, 5.41) is 1.30. The molecule has 1 aliphatic heterocycles. The third-order valence-electron chi connectivity index (χ3n) is 5.84. The van der Waals surface area contributed by atoms with Gasteiger partial charge in [-0.05, 0) is 48.7 Å². The number of morpholine rings is 1. The molecule has 0 unspecified atom stereocenters. The smallest absolute Gasteiger partial charge is 0.233 e. The Kier molecular flexibility index (Phi) is 9.53. The molecule has 1 aromatic heterocycles. The maximum absolute atomic E-state index is 13.4. The molecule has 190 valence electrons. The van der Waals surface area contributed by atoms with Gasteiger partial charge in [0.25, 0.3) is 0 Å². The van der Waals surface area contributed by atoms with Crippen molar-refractivity contribution in [1.29, 1.82) is 0 Å². The van der Waals surface area contributed by atoms with Gasteiger partial charge in [-0.2, -0.15) is 0 Å². The van der Waals surface area contributed by atoms with Crippen molar-refractivity contribution in [3.05, 3.63) is 52.5 Å². The van der Waals surface area contributed by atoms with Gasteiger partial charge in [-0.25, -0.2) is 13.4 Å². The molecule has 0 radical (unpaired) electrons. The van der Waals surface area contributed by atoms with Crippen molar-refractivity contribution in [2.75, 3.05) is 50.5 Å². The Hall–Kier alpha value is -1.75. The first-order valence-corrected chi connectivity index (χ1v) is 14.3. The minimum Gasteiger partial charge on any atom is -0.379 e. The summed E-state index contributed by atoms with van der Waals surface area (Å²) in [6.07, 6.45) is 2.15. The van der Waals surface area contributed by atoms with Crippen LogP contribution in [-0.4, -0.2) is 69.9 Å². The van der Waals surface area contributed by atoms with Gasteiger partial charge in [-0.15, -0.1) is 12.4 Å². The Morgan fingerprint density at radius 1 is 1.20 bits per heavy atom. The van der Waals surface area contributed by atoms with E-state index in [0.29, 0.717) is 16.7 Å². The number of sulfone groups is 1. The van der Waals surface area contributed by atoms with Crippen molar-refractivity contribution >= 4 is 66.4 Å². The van der Waals surface area contributed by atoms with E-state index in [1.807, 2.05) is 19.1 Å². The lowest BCUT2D eigenvalue weighted by Gasteiger charge is -2.27. The fourth-order valence-corrected chi connectivity index (χ4v) is 6.08. The van der Waals surface area contributed by atoms with Crippen LogP contribution < -0.4 is 4.90 Å². The zero-order valence-electron chi connectivity index (χ0n) is 19.7. The number of aryl methyl sites for hydroxylation is 1. The zero-order valence-corrected chi connectivity index (χ0v) is 22.9. The monoisotopic (exact) mass is 557 g/mol. The van der Waals surface area contributed by atoms with Crippen molar-refractivity contribution in [3.63, 3.8) is 0 Å². The van der Waals surface area contributed by atoms with E-state index in [1.165, 1.54) is 17.6 Å². The zero-order chi connectivity index (χ0) is 24.3. The van der Waals surface area contributed by atoms with Crippen molar-refractivity contribution < 1.29 is 17.9 Å². The first kappa shape index (κ1) is 27.8. The number of ether oxygens (including phenoxy) is 1. The van der Waals surface area contributed by atoms with Crippen LogP contribution in [0.25, 0.3) is 10.2 Å². The number of fused-ring (bicyclic) bond motifs is 1. The summed E-state index contributed by atoms with van der Waals surface area (Å²) in [7, 11) is -3.28. The molecule has 35 heavy (non-hydrogen) atoms. The van der Waals surface area contributed by atoms with Crippen LogP contribution >= 0.6 is 35.3 Å². The Morgan fingerprint density at radius 2 is 1.89 bits per heavy atom. The highest BCUT2D eigenvalue weighted by atomic mass is 35.5. The molecule has 1 amide bonds. The molecule has 11 heteroatoms. The molecule has 7 nitrogen and oxygen atoms in total. The van der Waals surface area contributed by atoms with Gasteiger partial charge in [0.05, 0.1) is 34.7 Å². The van der Waals surface area contributed by atoms with Crippen molar-refractivity contribution in [1.82, 2.24) is 9.88 Å². The van der Waals surface area contributed by atoms with Gasteiger partial charge >= 0.3 is 0 Å². The maximum Gasteiger partial charge on any atom is 0.233 e. The third-order valence-corrected chi connectivity index (χ3v) is 8.21. The number of benzene rings is 2. The Labute approximate surface area is 221 Å². The topological polar surface area (TPSA) is 79.8 Å². The van der Waals surface area contributed by atoms with Gasteiger partial charge in [0.1, 0.15) is 0 Å². The Bertz CT molecular complexity index is 1270. The molecule has 2 heterocycles. The maximum atomic E-state index is 13.4. The average Bonchev–Trinajstić information content (AvgIpc) is 3.21. The quantitative estimate of drug-likeness (QED) is 0.408. The standard InChI is InChI=1S/C24H28ClN3O4S2.ClH/c1-17-14-19(25)16-21-23(17)26-24(33-21)28(9-3-8-27-10-12-32-13-11-27)22(29)15-18-4-6-20(7-5-18)34(2,30)31;/h4-7,14,16H,3,8-13,15H2,1-2H3;1H. The predicted molar refractivity (Wildman–Crippen MR) is 144 cm³/mol. The number of aromatic nitrogens is 1. The van der Waals surface area contributed by atoms with E-state index in [0.717, 1.165) is 60.6 Å². The molecule has 0 atom stereocenters. The lowest BCUT2D eigenvalue weighted by molar-refractivity contribution is -0.118. The molecule has 1 fully saturated rings. The fourth-order valence-electron chi connectivity index (χ4n) is 3.99. The molecule has 1 aliphatic rings. The van der Waals surface area contributed by atoms with Gasteiger partial charge in [-0.3, -0.25) is 14.6 Å². The second kappa shape index (κ2) is 12.0. The van der Waals surface area contributed by atoms with Crippen LogP contribution in [0, 0.1) is 6.92 Å².